The lowest BCUT2D eigenvalue weighted by atomic mass is 10.1. The Morgan fingerprint density at radius 2 is 1.14 bits per heavy atom. The molecule has 0 aliphatic heterocycles. The number of fused-ring (bicyclic) bond motifs is 2. The third-order valence-electron chi connectivity index (χ3n) is 6.98. The molecule has 3 N–H and O–H groups in total. The number of methoxy groups -OCH3 is 3. The summed E-state index contributed by atoms with van der Waals surface area (Å²) in [4.78, 5) is 14.9. The van der Waals surface area contributed by atoms with Crippen LogP contribution in [-0.2, 0) is 0 Å². The summed E-state index contributed by atoms with van der Waals surface area (Å²) in [6.07, 6.45) is 3.38. The van der Waals surface area contributed by atoms with Crippen LogP contribution in [0.5, 0.6) is 46.0 Å². The van der Waals surface area contributed by atoms with E-state index < -0.39 is 0 Å². The summed E-state index contributed by atoms with van der Waals surface area (Å²) in [5, 5.41) is 1.57. The first-order chi connectivity index (χ1) is 21.4. The molecule has 6 rings (SSSR count). The predicted octanol–water partition coefficient (Wildman–Crippen LogP) is 7.69. The Hall–Kier alpha value is -5.90. The standard InChI is InChI=1S/C34H30N4O6/c1-20-15-22(7-10-28(20)43-30-12-14-36-26-18-33(41-4)31(39-2)16-25(26)30)38-44-34-19-27-24(17-32(34)40-3)29(11-13-37-27)42-23-8-5-21(35)6-9-23/h5-19,38H,35H2,1-4H3. The number of hydrogen-bond acceptors (Lipinski definition) is 10. The van der Waals surface area contributed by atoms with Gasteiger partial charge in [0.25, 0.3) is 0 Å². The first kappa shape index (κ1) is 28.2. The smallest absolute Gasteiger partial charge is 0.198 e. The van der Waals surface area contributed by atoms with Crippen molar-refractivity contribution >= 4 is 33.2 Å². The second kappa shape index (κ2) is 12.1. The van der Waals surface area contributed by atoms with Gasteiger partial charge >= 0.3 is 0 Å². The van der Waals surface area contributed by atoms with Gasteiger partial charge in [0, 0.05) is 41.0 Å². The van der Waals surface area contributed by atoms with Crippen molar-refractivity contribution in [1.82, 2.24) is 9.97 Å². The van der Waals surface area contributed by atoms with Gasteiger partial charge < -0.3 is 34.3 Å². The average Bonchev–Trinajstić information content (AvgIpc) is 3.05. The summed E-state index contributed by atoms with van der Waals surface area (Å²) in [5.41, 5.74) is 12.5. The summed E-state index contributed by atoms with van der Waals surface area (Å²) in [6, 6.07) is 23.8. The number of nitrogens with two attached hydrogens (primary N) is 1. The normalized spacial score (nSPS) is 10.8. The van der Waals surface area contributed by atoms with E-state index in [4.69, 9.17) is 34.3 Å². The SMILES string of the molecule is COc1cc2nccc(Oc3ccc(NOc4cc5nccc(Oc6ccc(N)cc6)c5cc4OC)cc3C)c2cc1OC. The Bertz CT molecular complexity index is 1960. The molecule has 0 saturated heterocycles. The van der Waals surface area contributed by atoms with Gasteiger partial charge in [-0.3, -0.25) is 9.97 Å². The quantitative estimate of drug-likeness (QED) is 0.121. The Labute approximate surface area is 253 Å². The van der Waals surface area contributed by atoms with E-state index in [1.54, 1.807) is 58.0 Å². The average molecular weight is 591 g/mol. The van der Waals surface area contributed by atoms with Crippen LogP contribution < -0.4 is 39.7 Å². The number of ether oxygens (including phenoxy) is 5. The largest absolute Gasteiger partial charge is 0.493 e. The zero-order valence-electron chi connectivity index (χ0n) is 24.6. The summed E-state index contributed by atoms with van der Waals surface area (Å²) >= 11 is 0. The molecule has 2 heterocycles. The number of benzene rings is 4. The van der Waals surface area contributed by atoms with Crippen LogP contribution in [0.25, 0.3) is 21.8 Å². The van der Waals surface area contributed by atoms with E-state index in [2.05, 4.69) is 15.4 Å². The van der Waals surface area contributed by atoms with Gasteiger partial charge in [-0.2, -0.15) is 0 Å². The Morgan fingerprint density at radius 3 is 1.75 bits per heavy atom. The highest BCUT2D eigenvalue weighted by Gasteiger charge is 2.15. The van der Waals surface area contributed by atoms with Crippen molar-refractivity contribution in [3.05, 3.63) is 96.8 Å². The fraction of sp³-hybridized carbons (Fsp3) is 0.118. The van der Waals surface area contributed by atoms with E-state index >= 15 is 0 Å². The topological polar surface area (TPSA) is 119 Å². The molecule has 0 radical (unpaired) electrons. The van der Waals surface area contributed by atoms with Gasteiger partial charge in [0.05, 0.1) is 38.1 Å². The first-order valence-corrected chi connectivity index (χ1v) is 13.7. The highest BCUT2D eigenvalue weighted by molar-refractivity contribution is 5.89. The maximum absolute atomic E-state index is 6.31. The van der Waals surface area contributed by atoms with Crippen LogP contribution in [0.15, 0.2) is 91.3 Å². The van der Waals surface area contributed by atoms with Gasteiger partial charge in [-0.05, 0) is 79.2 Å². The molecule has 10 nitrogen and oxygen atoms in total. The second-order valence-corrected chi connectivity index (χ2v) is 9.82. The van der Waals surface area contributed by atoms with Crippen molar-refractivity contribution in [2.45, 2.75) is 6.92 Å². The number of aryl methyl sites for hydroxylation is 1. The Balaban J connectivity index is 1.21. The molecule has 0 aliphatic carbocycles. The van der Waals surface area contributed by atoms with Gasteiger partial charge in [0.2, 0.25) is 0 Å². The van der Waals surface area contributed by atoms with Crippen molar-refractivity contribution in [2.75, 3.05) is 32.5 Å². The van der Waals surface area contributed by atoms with Crippen molar-refractivity contribution < 1.29 is 28.5 Å². The fourth-order valence-electron chi connectivity index (χ4n) is 4.72. The molecule has 0 amide bonds. The number of nitrogens with one attached hydrogen (secondary N) is 1. The molecule has 0 saturated carbocycles. The van der Waals surface area contributed by atoms with Crippen molar-refractivity contribution in [2.24, 2.45) is 0 Å². The highest BCUT2D eigenvalue weighted by atomic mass is 16.7. The zero-order valence-corrected chi connectivity index (χ0v) is 24.6. The van der Waals surface area contributed by atoms with E-state index in [-0.39, 0.29) is 0 Å². The van der Waals surface area contributed by atoms with E-state index in [1.807, 2.05) is 61.5 Å². The van der Waals surface area contributed by atoms with Gasteiger partial charge in [-0.25, -0.2) is 5.48 Å². The van der Waals surface area contributed by atoms with E-state index in [0.29, 0.717) is 57.2 Å². The van der Waals surface area contributed by atoms with Crippen molar-refractivity contribution in [1.29, 1.82) is 0 Å². The second-order valence-electron chi connectivity index (χ2n) is 9.82. The van der Waals surface area contributed by atoms with Crippen molar-refractivity contribution in [3.63, 3.8) is 0 Å². The van der Waals surface area contributed by atoms with E-state index in [0.717, 1.165) is 27.5 Å². The number of nitrogen functional groups attached to an aromatic ring is 1. The van der Waals surface area contributed by atoms with Crippen LogP contribution in [-0.4, -0.2) is 31.3 Å². The monoisotopic (exact) mass is 590 g/mol. The molecule has 10 heteroatoms. The zero-order chi connectivity index (χ0) is 30.6. The molecule has 0 spiro atoms. The maximum atomic E-state index is 6.31. The Morgan fingerprint density at radius 1 is 0.568 bits per heavy atom. The molecule has 0 fully saturated rings. The van der Waals surface area contributed by atoms with E-state index in [1.165, 1.54) is 0 Å². The lowest BCUT2D eigenvalue weighted by Crippen LogP contribution is -2.06. The van der Waals surface area contributed by atoms with E-state index in [9.17, 15) is 0 Å². The van der Waals surface area contributed by atoms with Gasteiger partial charge in [0.1, 0.15) is 23.0 Å². The third kappa shape index (κ3) is 5.73. The third-order valence-corrected chi connectivity index (χ3v) is 6.98. The molecule has 0 bridgehead atoms. The maximum Gasteiger partial charge on any atom is 0.198 e. The summed E-state index contributed by atoms with van der Waals surface area (Å²) in [7, 11) is 4.77. The first-order valence-electron chi connectivity index (χ1n) is 13.7. The summed E-state index contributed by atoms with van der Waals surface area (Å²) in [5.74, 6) is 4.77. The van der Waals surface area contributed by atoms with Gasteiger partial charge in [-0.15, -0.1) is 0 Å². The molecular weight excluding hydrogens is 560 g/mol. The number of hydrogen-bond donors (Lipinski definition) is 2. The number of aromatic nitrogens is 2. The number of anilines is 2. The molecule has 222 valence electrons. The number of pyridine rings is 2. The van der Waals surface area contributed by atoms with Crippen LogP contribution >= 0.6 is 0 Å². The molecule has 44 heavy (non-hydrogen) atoms. The minimum absolute atomic E-state index is 0.461. The van der Waals surface area contributed by atoms with Crippen LogP contribution in [0.4, 0.5) is 11.4 Å². The fourth-order valence-corrected chi connectivity index (χ4v) is 4.72. The minimum Gasteiger partial charge on any atom is -0.493 e. The number of rotatable bonds is 10. The molecule has 2 aromatic heterocycles. The van der Waals surface area contributed by atoms with Crippen molar-refractivity contribution in [3.8, 4) is 46.0 Å². The predicted molar refractivity (Wildman–Crippen MR) is 170 cm³/mol. The summed E-state index contributed by atoms with van der Waals surface area (Å²) < 4.78 is 28.9. The van der Waals surface area contributed by atoms with Gasteiger partial charge in [0.15, 0.2) is 23.0 Å². The molecule has 0 atom stereocenters. The van der Waals surface area contributed by atoms with Gasteiger partial charge in [-0.1, -0.05) is 0 Å². The molecule has 0 aliphatic rings. The molecule has 6 aromatic rings. The number of nitrogens with zero attached hydrogens (tertiary/aromatic N) is 2. The minimum atomic E-state index is 0.461. The molecule has 0 unspecified atom stereocenters. The Kier molecular flexibility index (Phi) is 7.79. The highest BCUT2D eigenvalue weighted by Crippen LogP contribution is 2.39. The molecule has 4 aromatic carbocycles. The lowest BCUT2D eigenvalue weighted by Gasteiger charge is -2.16. The molecular formula is C34H30N4O6. The van der Waals surface area contributed by atoms with Crippen LogP contribution in [0, 0.1) is 6.92 Å². The van der Waals surface area contributed by atoms with Crippen LogP contribution in [0.3, 0.4) is 0 Å². The van der Waals surface area contributed by atoms with Crippen LogP contribution in [0.1, 0.15) is 5.56 Å². The lowest BCUT2D eigenvalue weighted by molar-refractivity contribution is 0.351. The summed E-state index contributed by atoms with van der Waals surface area (Å²) in [6.45, 7) is 1.95. The van der Waals surface area contributed by atoms with Crippen LogP contribution in [0.2, 0.25) is 0 Å².